The molecule has 15 heavy (non-hydrogen) atoms. The van der Waals surface area contributed by atoms with Crippen LogP contribution in [0.5, 0.6) is 0 Å². The van der Waals surface area contributed by atoms with Crippen LogP contribution in [0.4, 0.5) is 0 Å². The molecule has 1 heterocycles. The fourth-order valence-corrected chi connectivity index (χ4v) is 1.22. The molecule has 1 aromatic heterocycles. The summed E-state index contributed by atoms with van der Waals surface area (Å²) < 4.78 is 0. The number of carbonyl (C=O) groups excluding carboxylic acids is 1. The number of rotatable bonds is 5. The molecule has 3 N–H and O–H groups in total. The van der Waals surface area contributed by atoms with E-state index in [1.54, 1.807) is 0 Å². The summed E-state index contributed by atoms with van der Waals surface area (Å²) >= 11 is 0. The molecule has 0 aliphatic heterocycles. The topological polar surface area (TPSA) is 80.9 Å². The van der Waals surface area contributed by atoms with Gasteiger partial charge in [-0.15, -0.1) is 0 Å². The van der Waals surface area contributed by atoms with E-state index in [0.29, 0.717) is 12.1 Å². The molecule has 0 radical (unpaired) electrons. The molecular weight excluding hydrogens is 192 g/mol. The van der Waals surface area contributed by atoms with Gasteiger partial charge < -0.3 is 11.1 Å². The minimum absolute atomic E-state index is 0.126. The van der Waals surface area contributed by atoms with Gasteiger partial charge in [0.05, 0.1) is 5.56 Å². The molecule has 0 aliphatic rings. The average molecular weight is 208 g/mol. The summed E-state index contributed by atoms with van der Waals surface area (Å²) in [5, 5.41) is 2.86. The third-order valence-corrected chi connectivity index (χ3v) is 2.04. The number of amides is 1. The van der Waals surface area contributed by atoms with Crippen molar-refractivity contribution in [3.63, 3.8) is 0 Å². The first-order valence-electron chi connectivity index (χ1n) is 5.00. The Morgan fingerprint density at radius 3 is 2.80 bits per heavy atom. The van der Waals surface area contributed by atoms with Crippen molar-refractivity contribution in [1.82, 2.24) is 15.3 Å². The van der Waals surface area contributed by atoms with Gasteiger partial charge in [0.15, 0.2) is 0 Å². The Labute approximate surface area is 89.1 Å². The summed E-state index contributed by atoms with van der Waals surface area (Å²) in [4.78, 5) is 19.2. The van der Waals surface area contributed by atoms with E-state index in [9.17, 15) is 4.79 Å². The Hall–Kier alpha value is -1.49. The summed E-state index contributed by atoms with van der Waals surface area (Å²) in [6.07, 6.45) is 6.19. The minimum atomic E-state index is -0.139. The maximum absolute atomic E-state index is 11.6. The molecule has 1 amide bonds. The van der Waals surface area contributed by atoms with Gasteiger partial charge in [0.2, 0.25) is 0 Å². The summed E-state index contributed by atoms with van der Waals surface area (Å²) in [6.45, 7) is 2.60. The molecule has 82 valence electrons. The van der Waals surface area contributed by atoms with E-state index < -0.39 is 0 Å². The Kier molecular flexibility index (Phi) is 4.70. The maximum atomic E-state index is 11.6. The molecular formula is C10H16N4O. The lowest BCUT2D eigenvalue weighted by molar-refractivity contribution is 0.0937. The maximum Gasteiger partial charge on any atom is 0.254 e. The number of nitrogens with one attached hydrogen (secondary N) is 1. The van der Waals surface area contributed by atoms with Crippen LogP contribution in [0.3, 0.4) is 0 Å². The lowest BCUT2D eigenvalue weighted by atomic mass is 10.1. The van der Waals surface area contributed by atoms with Crippen molar-refractivity contribution in [2.45, 2.75) is 25.8 Å². The minimum Gasteiger partial charge on any atom is -0.349 e. The van der Waals surface area contributed by atoms with Gasteiger partial charge in [-0.3, -0.25) is 4.79 Å². The van der Waals surface area contributed by atoms with Crippen LogP contribution in [0, 0.1) is 0 Å². The second kappa shape index (κ2) is 6.08. The molecule has 0 saturated carbocycles. The molecule has 1 aromatic rings. The monoisotopic (exact) mass is 208 g/mol. The van der Waals surface area contributed by atoms with Gasteiger partial charge in [-0.2, -0.15) is 0 Å². The van der Waals surface area contributed by atoms with Crippen LogP contribution in [0.2, 0.25) is 0 Å². The first-order valence-corrected chi connectivity index (χ1v) is 5.00. The van der Waals surface area contributed by atoms with Crippen LogP contribution >= 0.6 is 0 Å². The number of nitrogens with zero attached hydrogens (tertiary/aromatic N) is 2. The van der Waals surface area contributed by atoms with Crippen molar-refractivity contribution in [3.8, 4) is 0 Å². The third-order valence-electron chi connectivity index (χ3n) is 2.04. The van der Waals surface area contributed by atoms with Crippen LogP contribution in [0.25, 0.3) is 0 Å². The van der Waals surface area contributed by atoms with E-state index >= 15 is 0 Å². The van der Waals surface area contributed by atoms with E-state index in [0.717, 1.165) is 12.8 Å². The van der Waals surface area contributed by atoms with E-state index in [1.165, 1.54) is 18.7 Å². The van der Waals surface area contributed by atoms with Crippen molar-refractivity contribution < 1.29 is 4.79 Å². The molecule has 0 aromatic carbocycles. The highest BCUT2D eigenvalue weighted by molar-refractivity contribution is 5.93. The number of nitrogens with two attached hydrogens (primary N) is 1. The highest BCUT2D eigenvalue weighted by Gasteiger charge is 2.09. The standard InChI is InChI=1S/C10H16N4O/c1-8(3-2-4-11)14-10(15)9-5-12-7-13-6-9/h5-8H,2-4,11H2,1H3,(H,14,15). The molecule has 5 nitrogen and oxygen atoms in total. The Morgan fingerprint density at radius 2 is 2.20 bits per heavy atom. The van der Waals surface area contributed by atoms with Crippen molar-refractivity contribution in [3.05, 3.63) is 24.3 Å². The van der Waals surface area contributed by atoms with Crippen LogP contribution in [-0.2, 0) is 0 Å². The Balaban J connectivity index is 2.42. The van der Waals surface area contributed by atoms with Crippen LogP contribution in [0.1, 0.15) is 30.1 Å². The summed E-state index contributed by atoms with van der Waals surface area (Å²) in [7, 11) is 0. The number of hydrogen-bond donors (Lipinski definition) is 2. The largest absolute Gasteiger partial charge is 0.349 e. The highest BCUT2D eigenvalue weighted by Crippen LogP contribution is 1.98. The van der Waals surface area contributed by atoms with E-state index in [4.69, 9.17) is 5.73 Å². The summed E-state index contributed by atoms with van der Waals surface area (Å²) in [5.74, 6) is -0.139. The molecule has 5 heteroatoms. The third kappa shape index (κ3) is 4.03. The quantitative estimate of drug-likeness (QED) is 0.730. The van der Waals surface area contributed by atoms with Crippen molar-refractivity contribution >= 4 is 5.91 Å². The van der Waals surface area contributed by atoms with Crippen LogP contribution < -0.4 is 11.1 Å². The van der Waals surface area contributed by atoms with Gasteiger partial charge in [0, 0.05) is 18.4 Å². The normalized spacial score (nSPS) is 12.1. The van der Waals surface area contributed by atoms with Crippen molar-refractivity contribution in [2.24, 2.45) is 5.73 Å². The molecule has 1 unspecified atom stereocenters. The predicted octanol–water partition coefficient (Wildman–Crippen LogP) is 0.334. The highest BCUT2D eigenvalue weighted by atomic mass is 16.1. The number of aromatic nitrogens is 2. The number of carbonyl (C=O) groups is 1. The van der Waals surface area contributed by atoms with E-state index in [1.807, 2.05) is 6.92 Å². The van der Waals surface area contributed by atoms with Gasteiger partial charge in [0.1, 0.15) is 6.33 Å². The summed E-state index contributed by atoms with van der Waals surface area (Å²) in [5.41, 5.74) is 5.87. The van der Waals surface area contributed by atoms with Crippen molar-refractivity contribution in [1.29, 1.82) is 0 Å². The molecule has 1 rings (SSSR count). The fraction of sp³-hybridized carbons (Fsp3) is 0.500. The van der Waals surface area contributed by atoms with Gasteiger partial charge in [-0.25, -0.2) is 9.97 Å². The lowest BCUT2D eigenvalue weighted by Crippen LogP contribution is -2.33. The molecule has 0 bridgehead atoms. The SMILES string of the molecule is CC(CCCN)NC(=O)c1cncnc1. The molecule has 1 atom stereocenters. The molecule has 0 aliphatic carbocycles. The predicted molar refractivity (Wildman–Crippen MR) is 57.2 cm³/mol. The lowest BCUT2D eigenvalue weighted by Gasteiger charge is -2.12. The van der Waals surface area contributed by atoms with Gasteiger partial charge in [-0.1, -0.05) is 0 Å². The average Bonchev–Trinajstić information content (AvgIpc) is 2.27. The number of hydrogen-bond acceptors (Lipinski definition) is 4. The first kappa shape index (κ1) is 11.6. The van der Waals surface area contributed by atoms with Gasteiger partial charge >= 0.3 is 0 Å². The Bertz CT molecular complexity index is 302. The van der Waals surface area contributed by atoms with Gasteiger partial charge in [-0.05, 0) is 26.3 Å². The molecule has 0 saturated heterocycles. The Morgan fingerprint density at radius 1 is 1.53 bits per heavy atom. The molecule has 0 fully saturated rings. The van der Waals surface area contributed by atoms with Crippen LogP contribution in [-0.4, -0.2) is 28.5 Å². The van der Waals surface area contributed by atoms with Crippen LogP contribution in [0.15, 0.2) is 18.7 Å². The van der Waals surface area contributed by atoms with E-state index in [-0.39, 0.29) is 11.9 Å². The van der Waals surface area contributed by atoms with Gasteiger partial charge in [0.25, 0.3) is 5.91 Å². The zero-order valence-electron chi connectivity index (χ0n) is 8.81. The molecule has 0 spiro atoms. The van der Waals surface area contributed by atoms with Crippen molar-refractivity contribution in [2.75, 3.05) is 6.54 Å². The second-order valence-electron chi connectivity index (χ2n) is 3.43. The first-order chi connectivity index (χ1) is 7.24. The second-order valence-corrected chi connectivity index (χ2v) is 3.43. The zero-order chi connectivity index (χ0) is 11.1. The fourth-order valence-electron chi connectivity index (χ4n) is 1.22. The zero-order valence-corrected chi connectivity index (χ0v) is 8.81. The smallest absolute Gasteiger partial charge is 0.254 e. The summed E-state index contributed by atoms with van der Waals surface area (Å²) in [6, 6.07) is 0.126. The van der Waals surface area contributed by atoms with E-state index in [2.05, 4.69) is 15.3 Å².